The number of aromatic hydroxyl groups is 1. The summed E-state index contributed by atoms with van der Waals surface area (Å²) in [4.78, 5) is 12.0. The summed E-state index contributed by atoms with van der Waals surface area (Å²) in [7, 11) is 0. The summed E-state index contributed by atoms with van der Waals surface area (Å²) in [5, 5.41) is 15.5. The van der Waals surface area contributed by atoms with Gasteiger partial charge in [-0.3, -0.25) is 10.1 Å². The van der Waals surface area contributed by atoms with E-state index < -0.39 is 0 Å². The van der Waals surface area contributed by atoms with Crippen LogP contribution in [0.4, 0.5) is 5.69 Å². The summed E-state index contributed by atoms with van der Waals surface area (Å²) in [6, 6.07) is 9.26. The van der Waals surface area contributed by atoms with E-state index in [0.29, 0.717) is 11.4 Å². The molecule has 3 N–H and O–H groups in total. The van der Waals surface area contributed by atoms with E-state index in [1.807, 2.05) is 45.0 Å². The minimum Gasteiger partial charge on any atom is -0.505 e. The van der Waals surface area contributed by atoms with Gasteiger partial charge in [-0.1, -0.05) is 12.1 Å². The maximum atomic E-state index is 12.0. The molecule has 1 amide bonds. The Labute approximate surface area is 153 Å². The maximum Gasteiger partial charge on any atom is 0.264 e. The van der Waals surface area contributed by atoms with Crippen molar-refractivity contribution in [2.24, 2.45) is 0 Å². The molecular weight excluding hydrogens is 336 g/mol. The molecule has 0 unspecified atom stereocenters. The normalized spacial score (nSPS) is 10.2. The SMILES string of the molecule is Cc1cc(C)c(O)c(NC(=S)NC(=O)COc2ccc(C)c(C)c2)c1. The molecule has 0 bridgehead atoms. The van der Waals surface area contributed by atoms with Crippen molar-refractivity contribution in [1.82, 2.24) is 5.32 Å². The summed E-state index contributed by atoms with van der Waals surface area (Å²) >= 11 is 5.12. The number of carbonyl (C=O) groups is 1. The highest BCUT2D eigenvalue weighted by Crippen LogP contribution is 2.28. The quantitative estimate of drug-likeness (QED) is 0.576. The van der Waals surface area contributed by atoms with Gasteiger partial charge in [-0.15, -0.1) is 0 Å². The van der Waals surface area contributed by atoms with Gasteiger partial charge in [0, 0.05) is 0 Å². The van der Waals surface area contributed by atoms with Gasteiger partial charge in [-0.25, -0.2) is 0 Å². The van der Waals surface area contributed by atoms with Crippen LogP contribution in [0, 0.1) is 27.7 Å². The lowest BCUT2D eigenvalue weighted by molar-refractivity contribution is -0.121. The van der Waals surface area contributed by atoms with E-state index in [0.717, 1.165) is 22.3 Å². The van der Waals surface area contributed by atoms with E-state index in [1.54, 1.807) is 13.0 Å². The second-order valence-corrected chi connectivity index (χ2v) is 6.42. The number of phenols is 1. The number of carbonyl (C=O) groups excluding carboxylic acids is 1. The molecule has 2 rings (SSSR count). The molecule has 2 aromatic carbocycles. The molecule has 0 saturated heterocycles. The maximum absolute atomic E-state index is 12.0. The van der Waals surface area contributed by atoms with Gasteiger partial charge in [-0.2, -0.15) is 0 Å². The summed E-state index contributed by atoms with van der Waals surface area (Å²) in [6.45, 7) is 7.56. The van der Waals surface area contributed by atoms with Crippen LogP contribution in [0.15, 0.2) is 30.3 Å². The van der Waals surface area contributed by atoms with E-state index in [1.165, 1.54) is 0 Å². The predicted molar refractivity (Wildman–Crippen MR) is 103 cm³/mol. The molecule has 0 aliphatic heterocycles. The molecule has 132 valence electrons. The van der Waals surface area contributed by atoms with Gasteiger partial charge in [0.25, 0.3) is 5.91 Å². The zero-order valence-electron chi connectivity index (χ0n) is 14.8. The first-order chi connectivity index (χ1) is 11.8. The Bertz CT molecular complexity index is 819. The number of hydrogen-bond donors (Lipinski definition) is 3. The lowest BCUT2D eigenvalue weighted by Crippen LogP contribution is -2.37. The fraction of sp³-hybridized carbons (Fsp3) is 0.263. The monoisotopic (exact) mass is 358 g/mol. The van der Waals surface area contributed by atoms with Crippen LogP contribution in [0.25, 0.3) is 0 Å². The van der Waals surface area contributed by atoms with Crippen LogP contribution in [0.2, 0.25) is 0 Å². The van der Waals surface area contributed by atoms with E-state index in [2.05, 4.69) is 10.6 Å². The second-order valence-electron chi connectivity index (χ2n) is 6.02. The lowest BCUT2D eigenvalue weighted by Gasteiger charge is -2.13. The minimum atomic E-state index is -0.375. The molecule has 0 spiro atoms. The van der Waals surface area contributed by atoms with Crippen molar-refractivity contribution in [3.8, 4) is 11.5 Å². The number of anilines is 1. The average Bonchev–Trinajstić information content (AvgIpc) is 2.53. The Morgan fingerprint density at radius 1 is 1.08 bits per heavy atom. The number of benzene rings is 2. The number of amides is 1. The van der Waals surface area contributed by atoms with Gasteiger partial charge in [0.05, 0.1) is 5.69 Å². The highest BCUT2D eigenvalue weighted by Gasteiger charge is 2.10. The van der Waals surface area contributed by atoms with Crippen molar-refractivity contribution in [1.29, 1.82) is 0 Å². The Balaban J connectivity index is 1.90. The fourth-order valence-electron chi connectivity index (χ4n) is 2.32. The molecule has 5 nitrogen and oxygen atoms in total. The van der Waals surface area contributed by atoms with Gasteiger partial charge in [-0.05, 0) is 80.4 Å². The summed E-state index contributed by atoms with van der Waals surface area (Å²) < 4.78 is 5.47. The molecule has 2 aromatic rings. The van der Waals surface area contributed by atoms with Crippen molar-refractivity contribution >= 4 is 28.9 Å². The first kappa shape index (κ1) is 18.7. The van der Waals surface area contributed by atoms with Gasteiger partial charge in [0.2, 0.25) is 0 Å². The second kappa shape index (κ2) is 7.98. The molecule has 0 aromatic heterocycles. The zero-order valence-corrected chi connectivity index (χ0v) is 15.6. The molecule has 25 heavy (non-hydrogen) atoms. The summed E-state index contributed by atoms with van der Waals surface area (Å²) in [6.07, 6.45) is 0. The smallest absolute Gasteiger partial charge is 0.264 e. The number of thiocarbonyl (C=S) groups is 1. The third-order valence-electron chi connectivity index (χ3n) is 3.79. The third-order valence-corrected chi connectivity index (χ3v) is 4.00. The third kappa shape index (κ3) is 5.19. The van der Waals surface area contributed by atoms with Crippen LogP contribution in [-0.4, -0.2) is 22.7 Å². The molecule has 0 aliphatic carbocycles. The zero-order chi connectivity index (χ0) is 18.6. The van der Waals surface area contributed by atoms with Gasteiger partial charge in [0.1, 0.15) is 11.5 Å². The molecule has 0 fully saturated rings. The predicted octanol–water partition coefficient (Wildman–Crippen LogP) is 3.52. The number of rotatable bonds is 4. The van der Waals surface area contributed by atoms with Gasteiger partial charge < -0.3 is 15.2 Å². The van der Waals surface area contributed by atoms with Crippen LogP contribution in [0.3, 0.4) is 0 Å². The number of phenolic OH excluding ortho intramolecular Hbond substituents is 1. The number of hydrogen-bond acceptors (Lipinski definition) is 4. The van der Waals surface area contributed by atoms with E-state index in [-0.39, 0.29) is 23.4 Å². The van der Waals surface area contributed by atoms with E-state index >= 15 is 0 Å². The van der Waals surface area contributed by atoms with Crippen LogP contribution in [-0.2, 0) is 4.79 Å². The van der Waals surface area contributed by atoms with E-state index in [9.17, 15) is 9.90 Å². The molecule has 6 heteroatoms. The number of aryl methyl sites for hydroxylation is 4. The first-order valence-electron chi connectivity index (χ1n) is 7.87. The van der Waals surface area contributed by atoms with Crippen LogP contribution in [0.1, 0.15) is 22.3 Å². The minimum absolute atomic E-state index is 0.105. The van der Waals surface area contributed by atoms with Crippen molar-refractivity contribution in [2.45, 2.75) is 27.7 Å². The highest BCUT2D eigenvalue weighted by molar-refractivity contribution is 7.80. The fourth-order valence-corrected chi connectivity index (χ4v) is 2.55. The molecule has 0 heterocycles. The van der Waals surface area contributed by atoms with Crippen LogP contribution in [0.5, 0.6) is 11.5 Å². The summed E-state index contributed by atoms with van der Waals surface area (Å²) in [5.74, 6) is 0.359. The number of ether oxygens (including phenoxy) is 1. The number of nitrogens with one attached hydrogen (secondary N) is 2. The van der Waals surface area contributed by atoms with Crippen LogP contribution < -0.4 is 15.4 Å². The molecule has 0 radical (unpaired) electrons. The van der Waals surface area contributed by atoms with Crippen molar-refractivity contribution in [3.63, 3.8) is 0 Å². The summed E-state index contributed by atoms with van der Waals surface area (Å²) in [5.41, 5.74) is 4.42. The Hall–Kier alpha value is -2.60. The molecule has 0 saturated carbocycles. The van der Waals surface area contributed by atoms with Crippen LogP contribution >= 0.6 is 12.2 Å². The highest BCUT2D eigenvalue weighted by atomic mass is 32.1. The average molecular weight is 358 g/mol. The Morgan fingerprint density at radius 2 is 1.80 bits per heavy atom. The molecular formula is C19H22N2O3S. The standard InChI is InChI=1S/C19H22N2O3S/c1-11-7-14(4)18(23)16(8-11)20-19(25)21-17(22)10-24-15-6-5-12(2)13(3)9-15/h5-9,23H,10H2,1-4H3,(H2,20,21,22,25). The van der Waals surface area contributed by atoms with Gasteiger partial charge >= 0.3 is 0 Å². The van der Waals surface area contributed by atoms with Crippen molar-refractivity contribution in [2.75, 3.05) is 11.9 Å². The van der Waals surface area contributed by atoms with Crippen molar-refractivity contribution < 1.29 is 14.6 Å². The van der Waals surface area contributed by atoms with Gasteiger partial charge in [0.15, 0.2) is 11.7 Å². The lowest BCUT2D eigenvalue weighted by atomic mass is 10.1. The molecule has 0 aliphatic rings. The Kier molecular flexibility index (Phi) is 5.98. The topological polar surface area (TPSA) is 70.6 Å². The Morgan fingerprint density at radius 3 is 2.48 bits per heavy atom. The first-order valence-corrected chi connectivity index (χ1v) is 8.28. The van der Waals surface area contributed by atoms with Crippen molar-refractivity contribution in [3.05, 3.63) is 52.6 Å². The largest absolute Gasteiger partial charge is 0.505 e. The van der Waals surface area contributed by atoms with E-state index in [4.69, 9.17) is 17.0 Å². The molecule has 0 atom stereocenters.